The third-order valence-electron chi connectivity index (χ3n) is 3.33. The molecular formula is C15H14FNO3S. The highest BCUT2D eigenvalue weighted by Crippen LogP contribution is 2.25. The summed E-state index contributed by atoms with van der Waals surface area (Å²) in [7, 11) is -3.90. The third-order valence-corrected chi connectivity index (χ3v) is 4.88. The van der Waals surface area contributed by atoms with E-state index >= 15 is 0 Å². The Bertz CT molecular complexity index is 761. The summed E-state index contributed by atoms with van der Waals surface area (Å²) in [5.74, 6) is 0.000896. The minimum absolute atomic E-state index is 0.227. The minimum atomic E-state index is -3.90. The molecule has 0 bridgehead atoms. The Morgan fingerprint density at radius 3 is 2.62 bits per heavy atom. The van der Waals surface area contributed by atoms with Crippen molar-refractivity contribution in [2.45, 2.75) is 17.4 Å². The summed E-state index contributed by atoms with van der Waals surface area (Å²) in [6, 6.07) is 12.4. The number of sulfonamides is 1. The van der Waals surface area contributed by atoms with E-state index in [2.05, 4.69) is 4.72 Å². The van der Waals surface area contributed by atoms with Crippen LogP contribution in [0.1, 0.15) is 5.56 Å². The van der Waals surface area contributed by atoms with E-state index in [9.17, 15) is 12.8 Å². The van der Waals surface area contributed by atoms with Gasteiger partial charge in [-0.05, 0) is 30.2 Å². The van der Waals surface area contributed by atoms with Gasteiger partial charge >= 0.3 is 0 Å². The molecule has 0 saturated heterocycles. The average molecular weight is 307 g/mol. The summed E-state index contributed by atoms with van der Waals surface area (Å²) in [5.41, 5.74) is 0.935. The third kappa shape index (κ3) is 2.91. The molecule has 0 unspecified atom stereocenters. The van der Waals surface area contributed by atoms with E-state index in [0.29, 0.717) is 6.42 Å². The van der Waals surface area contributed by atoms with Crippen molar-refractivity contribution in [2.24, 2.45) is 0 Å². The summed E-state index contributed by atoms with van der Waals surface area (Å²) in [4.78, 5) is -0.344. The van der Waals surface area contributed by atoms with Crippen molar-refractivity contribution >= 4 is 10.0 Å². The molecule has 6 heteroatoms. The van der Waals surface area contributed by atoms with Crippen LogP contribution in [-0.4, -0.2) is 21.1 Å². The minimum Gasteiger partial charge on any atom is -0.492 e. The van der Waals surface area contributed by atoms with Crippen molar-refractivity contribution in [1.29, 1.82) is 0 Å². The van der Waals surface area contributed by atoms with Gasteiger partial charge in [0.25, 0.3) is 0 Å². The molecular weight excluding hydrogens is 293 g/mol. The molecule has 1 aliphatic rings. The quantitative estimate of drug-likeness (QED) is 0.945. The first-order valence-electron chi connectivity index (χ1n) is 6.54. The van der Waals surface area contributed by atoms with Crippen molar-refractivity contribution in [3.05, 3.63) is 59.9 Å². The van der Waals surface area contributed by atoms with E-state index in [1.165, 1.54) is 18.2 Å². The molecule has 0 fully saturated rings. The molecule has 1 N–H and O–H groups in total. The van der Waals surface area contributed by atoms with E-state index in [-0.39, 0.29) is 11.5 Å². The Morgan fingerprint density at radius 2 is 1.81 bits per heavy atom. The van der Waals surface area contributed by atoms with Crippen molar-refractivity contribution in [3.63, 3.8) is 0 Å². The maximum absolute atomic E-state index is 13.6. The zero-order chi connectivity index (χ0) is 14.9. The molecule has 4 nitrogen and oxygen atoms in total. The van der Waals surface area contributed by atoms with Crippen LogP contribution in [0, 0.1) is 5.82 Å². The van der Waals surface area contributed by atoms with Crippen LogP contribution < -0.4 is 9.46 Å². The van der Waals surface area contributed by atoms with Crippen molar-refractivity contribution in [3.8, 4) is 5.75 Å². The predicted molar refractivity (Wildman–Crippen MR) is 76.2 cm³/mol. The molecule has 0 radical (unpaired) electrons. The molecule has 2 aromatic carbocycles. The van der Waals surface area contributed by atoms with E-state index in [1.807, 2.05) is 24.3 Å². The second-order valence-electron chi connectivity index (χ2n) is 4.87. The van der Waals surface area contributed by atoms with Gasteiger partial charge < -0.3 is 4.74 Å². The SMILES string of the molecule is O=S(=O)(N[C@H]1COc2ccccc2C1)c1ccccc1F. The zero-order valence-corrected chi connectivity index (χ0v) is 11.9. The van der Waals surface area contributed by atoms with Crippen LogP contribution >= 0.6 is 0 Å². The Hall–Kier alpha value is -1.92. The van der Waals surface area contributed by atoms with Gasteiger partial charge in [-0.1, -0.05) is 30.3 Å². The molecule has 3 rings (SSSR count). The lowest BCUT2D eigenvalue weighted by atomic mass is 10.0. The highest BCUT2D eigenvalue weighted by Gasteiger charge is 2.26. The Balaban J connectivity index is 1.80. The summed E-state index contributed by atoms with van der Waals surface area (Å²) in [6.07, 6.45) is 0.518. The Morgan fingerprint density at radius 1 is 1.10 bits per heavy atom. The smallest absolute Gasteiger partial charge is 0.243 e. The first-order valence-corrected chi connectivity index (χ1v) is 8.02. The van der Waals surface area contributed by atoms with Crippen LogP contribution in [0.3, 0.4) is 0 Å². The second-order valence-corrected chi connectivity index (χ2v) is 6.55. The molecule has 0 spiro atoms. The molecule has 0 saturated carbocycles. The van der Waals surface area contributed by atoms with Gasteiger partial charge in [0.1, 0.15) is 23.1 Å². The summed E-state index contributed by atoms with van der Waals surface area (Å²) >= 11 is 0. The number of nitrogens with one attached hydrogen (secondary N) is 1. The fourth-order valence-electron chi connectivity index (χ4n) is 2.35. The molecule has 2 aromatic rings. The number of rotatable bonds is 3. The molecule has 0 aliphatic carbocycles. The van der Waals surface area contributed by atoms with Crippen LogP contribution in [0.15, 0.2) is 53.4 Å². The normalized spacial score (nSPS) is 17.9. The monoisotopic (exact) mass is 307 g/mol. The molecule has 110 valence electrons. The lowest BCUT2D eigenvalue weighted by Gasteiger charge is -2.25. The largest absolute Gasteiger partial charge is 0.492 e. The van der Waals surface area contributed by atoms with E-state index in [1.54, 1.807) is 0 Å². The van der Waals surface area contributed by atoms with Crippen molar-refractivity contribution in [2.75, 3.05) is 6.61 Å². The van der Waals surface area contributed by atoms with Gasteiger partial charge in [0.05, 0.1) is 6.04 Å². The van der Waals surface area contributed by atoms with Gasteiger partial charge in [-0.25, -0.2) is 17.5 Å². The topological polar surface area (TPSA) is 55.4 Å². The first-order chi connectivity index (χ1) is 10.1. The highest BCUT2D eigenvalue weighted by molar-refractivity contribution is 7.89. The van der Waals surface area contributed by atoms with Gasteiger partial charge in [-0.3, -0.25) is 0 Å². The molecule has 1 atom stereocenters. The number of hydrogen-bond acceptors (Lipinski definition) is 3. The van der Waals surface area contributed by atoms with Crippen molar-refractivity contribution < 1.29 is 17.5 Å². The molecule has 21 heavy (non-hydrogen) atoms. The number of halogens is 1. The van der Waals surface area contributed by atoms with Gasteiger partial charge in [-0.2, -0.15) is 0 Å². The van der Waals surface area contributed by atoms with Crippen LogP contribution in [0.25, 0.3) is 0 Å². The standard InChI is InChI=1S/C15H14FNO3S/c16-13-6-2-4-8-15(13)21(18,19)17-12-9-11-5-1-3-7-14(11)20-10-12/h1-8,12,17H,9-10H2/t12-/m1/s1. The number of benzene rings is 2. The van der Waals surface area contributed by atoms with Crippen molar-refractivity contribution in [1.82, 2.24) is 4.72 Å². The molecule has 1 heterocycles. The van der Waals surface area contributed by atoms with E-state index in [0.717, 1.165) is 17.4 Å². The summed E-state index contributed by atoms with van der Waals surface area (Å²) in [5, 5.41) is 0. The maximum atomic E-state index is 13.6. The fraction of sp³-hybridized carbons (Fsp3) is 0.200. The number of para-hydroxylation sites is 1. The Kier molecular flexibility index (Phi) is 3.65. The molecule has 0 aromatic heterocycles. The highest BCUT2D eigenvalue weighted by atomic mass is 32.2. The number of ether oxygens (including phenoxy) is 1. The van der Waals surface area contributed by atoms with Crippen LogP contribution in [0.5, 0.6) is 5.75 Å². The second kappa shape index (κ2) is 5.46. The zero-order valence-electron chi connectivity index (χ0n) is 11.1. The number of hydrogen-bond donors (Lipinski definition) is 1. The van der Waals surface area contributed by atoms with Crippen LogP contribution in [-0.2, 0) is 16.4 Å². The predicted octanol–water partition coefficient (Wildman–Crippen LogP) is 2.11. The molecule has 0 amide bonds. The average Bonchev–Trinajstić information content (AvgIpc) is 2.47. The van der Waals surface area contributed by atoms with Crippen LogP contribution in [0.4, 0.5) is 4.39 Å². The summed E-state index contributed by atoms with van der Waals surface area (Å²) in [6.45, 7) is 0.227. The Labute approximate surface area is 122 Å². The van der Waals surface area contributed by atoms with Crippen LogP contribution in [0.2, 0.25) is 0 Å². The maximum Gasteiger partial charge on any atom is 0.243 e. The fourth-order valence-corrected chi connectivity index (χ4v) is 3.65. The lowest BCUT2D eigenvalue weighted by molar-refractivity contribution is 0.254. The van der Waals surface area contributed by atoms with E-state index in [4.69, 9.17) is 4.74 Å². The molecule has 1 aliphatic heterocycles. The lowest BCUT2D eigenvalue weighted by Crippen LogP contribution is -2.42. The first kappa shape index (κ1) is 14.0. The van der Waals surface area contributed by atoms with Gasteiger partial charge in [0, 0.05) is 0 Å². The van der Waals surface area contributed by atoms with E-state index < -0.39 is 21.9 Å². The summed E-state index contributed by atoms with van der Waals surface area (Å²) < 4.78 is 46.1. The van der Waals surface area contributed by atoms with Gasteiger partial charge in [-0.15, -0.1) is 0 Å². The van der Waals surface area contributed by atoms with Gasteiger partial charge in [0.15, 0.2) is 0 Å². The van der Waals surface area contributed by atoms with Gasteiger partial charge in [0.2, 0.25) is 10.0 Å². The number of fused-ring (bicyclic) bond motifs is 1.